The highest BCUT2D eigenvalue weighted by molar-refractivity contribution is 5.81. The zero-order chi connectivity index (χ0) is 32.0. The average Bonchev–Trinajstić information content (AvgIpc) is 3.08. The summed E-state index contributed by atoms with van der Waals surface area (Å²) in [5.41, 5.74) is 3.75. The van der Waals surface area contributed by atoms with Crippen molar-refractivity contribution in [3.05, 3.63) is 85.5 Å². The average molecular weight is 616 g/mol. The van der Waals surface area contributed by atoms with Crippen molar-refractivity contribution in [3.8, 4) is 5.75 Å². The van der Waals surface area contributed by atoms with Gasteiger partial charge < -0.3 is 24.6 Å². The maximum Gasteiger partial charge on any atom is 0.330 e. The minimum absolute atomic E-state index is 0.0170. The summed E-state index contributed by atoms with van der Waals surface area (Å²) in [7, 11) is 0. The van der Waals surface area contributed by atoms with Crippen molar-refractivity contribution >= 4 is 34.4 Å². The third-order valence-electron chi connectivity index (χ3n) is 6.92. The van der Waals surface area contributed by atoms with Crippen LogP contribution in [0.3, 0.4) is 0 Å². The number of carbonyl (C=O) groups is 1. The number of carbonyl (C=O) groups excluding carboxylic acids is 1. The highest BCUT2D eigenvalue weighted by Gasteiger charge is 2.05. The van der Waals surface area contributed by atoms with Gasteiger partial charge in [-0.3, -0.25) is 0 Å². The quantitative estimate of drug-likeness (QED) is 0.0504. The molecule has 0 atom stereocenters. The van der Waals surface area contributed by atoms with Gasteiger partial charge in [-0.15, -0.1) is 0 Å². The molecule has 0 aliphatic heterocycles. The minimum atomic E-state index is -0.345. The van der Waals surface area contributed by atoms with E-state index in [2.05, 4.69) is 27.0 Å². The van der Waals surface area contributed by atoms with Crippen LogP contribution in [0.2, 0.25) is 0 Å². The lowest BCUT2D eigenvalue weighted by Gasteiger charge is -2.22. The van der Waals surface area contributed by atoms with Crippen LogP contribution >= 0.6 is 0 Å². The van der Waals surface area contributed by atoms with E-state index in [1.807, 2.05) is 77.7 Å². The molecule has 3 rings (SSSR count). The van der Waals surface area contributed by atoms with Gasteiger partial charge in [-0.05, 0) is 85.6 Å². The normalized spacial score (nSPS) is 11.2. The van der Waals surface area contributed by atoms with Crippen molar-refractivity contribution in [2.24, 2.45) is 20.5 Å². The van der Waals surface area contributed by atoms with Crippen molar-refractivity contribution in [3.63, 3.8) is 0 Å². The van der Waals surface area contributed by atoms with E-state index in [0.717, 1.165) is 42.8 Å². The molecule has 0 amide bonds. The Morgan fingerprint density at radius 1 is 0.622 bits per heavy atom. The molecule has 0 aromatic heterocycles. The molecule has 0 saturated carbocycles. The van der Waals surface area contributed by atoms with Gasteiger partial charge >= 0.3 is 5.97 Å². The maximum absolute atomic E-state index is 11.0. The van der Waals surface area contributed by atoms with Crippen molar-refractivity contribution in [2.75, 3.05) is 44.4 Å². The molecular formula is C35H45N5O5. The first-order chi connectivity index (χ1) is 22.1. The van der Waals surface area contributed by atoms with E-state index in [1.165, 1.54) is 31.8 Å². The second-order valence-corrected chi connectivity index (χ2v) is 10.4. The molecule has 0 aliphatic carbocycles. The molecular weight excluding hydrogens is 570 g/mol. The molecule has 10 heteroatoms. The standard InChI is InChI=1S/C35H45N5O5/c1-2-35(43)45-28-10-8-6-4-3-5-7-9-27-44-34-21-17-32(18-22-34)39-37-30-13-11-29(12-14-30)36-38-31-15-19-33(20-16-31)40(23-25-41)24-26-42/h2,11-22,41-42H,1,3-10,23-28H2. The Kier molecular flexibility index (Phi) is 16.6. The van der Waals surface area contributed by atoms with Crippen LogP contribution in [-0.4, -0.2) is 55.7 Å². The number of benzene rings is 3. The molecule has 0 heterocycles. The zero-order valence-corrected chi connectivity index (χ0v) is 26.0. The lowest BCUT2D eigenvalue weighted by atomic mass is 10.1. The molecule has 0 saturated heterocycles. The van der Waals surface area contributed by atoms with Gasteiger partial charge in [0.15, 0.2) is 0 Å². The Morgan fingerprint density at radius 2 is 1.02 bits per heavy atom. The number of aliphatic hydroxyl groups excluding tert-OH is 2. The number of nitrogens with zero attached hydrogens (tertiary/aromatic N) is 5. The molecule has 10 nitrogen and oxygen atoms in total. The number of ether oxygens (including phenoxy) is 2. The predicted octanol–water partition coefficient (Wildman–Crippen LogP) is 8.54. The Hall–Kier alpha value is -4.41. The number of hydrogen-bond acceptors (Lipinski definition) is 10. The summed E-state index contributed by atoms with van der Waals surface area (Å²) in [6.07, 6.45) is 10.2. The van der Waals surface area contributed by atoms with Crippen LogP contribution in [0.1, 0.15) is 51.4 Å². The topological polar surface area (TPSA) is 129 Å². The van der Waals surface area contributed by atoms with Crippen LogP contribution < -0.4 is 9.64 Å². The van der Waals surface area contributed by atoms with Crippen LogP contribution in [0.15, 0.2) is 106 Å². The molecule has 0 aliphatic rings. The Labute approximate surface area is 266 Å². The number of aliphatic hydroxyl groups is 2. The molecule has 45 heavy (non-hydrogen) atoms. The Morgan fingerprint density at radius 3 is 1.47 bits per heavy atom. The van der Waals surface area contributed by atoms with Crippen molar-refractivity contribution in [1.29, 1.82) is 0 Å². The van der Waals surface area contributed by atoms with E-state index in [0.29, 0.717) is 43.4 Å². The second-order valence-electron chi connectivity index (χ2n) is 10.4. The van der Waals surface area contributed by atoms with E-state index >= 15 is 0 Å². The first-order valence-corrected chi connectivity index (χ1v) is 15.6. The van der Waals surface area contributed by atoms with E-state index in [-0.39, 0.29) is 19.2 Å². The molecule has 240 valence electrons. The van der Waals surface area contributed by atoms with Crippen LogP contribution in [0.4, 0.5) is 28.4 Å². The molecule has 0 fully saturated rings. The van der Waals surface area contributed by atoms with Gasteiger partial charge in [-0.25, -0.2) is 4.79 Å². The first-order valence-electron chi connectivity index (χ1n) is 15.6. The summed E-state index contributed by atoms with van der Waals surface area (Å²) < 4.78 is 10.8. The highest BCUT2D eigenvalue weighted by Crippen LogP contribution is 2.26. The largest absolute Gasteiger partial charge is 0.494 e. The van der Waals surface area contributed by atoms with E-state index in [4.69, 9.17) is 9.47 Å². The Bertz CT molecular complexity index is 1310. The van der Waals surface area contributed by atoms with Gasteiger partial charge in [0, 0.05) is 24.9 Å². The van der Waals surface area contributed by atoms with Gasteiger partial charge in [-0.1, -0.05) is 45.1 Å². The van der Waals surface area contributed by atoms with Crippen LogP contribution in [-0.2, 0) is 9.53 Å². The lowest BCUT2D eigenvalue weighted by molar-refractivity contribution is -0.137. The number of rotatable bonds is 22. The molecule has 0 spiro atoms. The minimum Gasteiger partial charge on any atom is -0.494 e. The lowest BCUT2D eigenvalue weighted by Crippen LogP contribution is -2.29. The molecule has 0 unspecified atom stereocenters. The summed E-state index contributed by atoms with van der Waals surface area (Å²) in [5.74, 6) is 0.477. The molecule has 0 bridgehead atoms. The third-order valence-corrected chi connectivity index (χ3v) is 6.92. The fourth-order valence-electron chi connectivity index (χ4n) is 4.45. The molecule has 2 N–H and O–H groups in total. The Balaban J connectivity index is 1.31. The first kappa shape index (κ1) is 35.1. The smallest absolute Gasteiger partial charge is 0.330 e. The summed E-state index contributed by atoms with van der Waals surface area (Å²) in [5, 5.41) is 35.6. The third kappa shape index (κ3) is 14.3. The van der Waals surface area contributed by atoms with Crippen LogP contribution in [0.25, 0.3) is 0 Å². The van der Waals surface area contributed by atoms with Gasteiger partial charge in [0.05, 0.1) is 49.2 Å². The number of anilines is 1. The summed E-state index contributed by atoms with van der Waals surface area (Å²) in [6, 6.07) is 22.4. The van der Waals surface area contributed by atoms with Crippen molar-refractivity contribution < 1.29 is 24.5 Å². The van der Waals surface area contributed by atoms with Crippen LogP contribution in [0, 0.1) is 0 Å². The van der Waals surface area contributed by atoms with Gasteiger partial charge in [-0.2, -0.15) is 20.5 Å². The fourth-order valence-corrected chi connectivity index (χ4v) is 4.45. The van der Waals surface area contributed by atoms with Gasteiger partial charge in [0.1, 0.15) is 5.75 Å². The number of esters is 1. The number of unbranched alkanes of at least 4 members (excludes halogenated alkanes) is 7. The van der Waals surface area contributed by atoms with Gasteiger partial charge in [0.25, 0.3) is 0 Å². The SMILES string of the molecule is C=CC(=O)OCCCCCCCCCCOc1ccc(N=Nc2ccc(N=Nc3ccc(N(CCO)CCO)cc3)cc2)cc1. The van der Waals surface area contributed by atoms with E-state index in [9.17, 15) is 15.0 Å². The maximum atomic E-state index is 11.0. The summed E-state index contributed by atoms with van der Waals surface area (Å²) >= 11 is 0. The highest BCUT2D eigenvalue weighted by atomic mass is 16.5. The molecule has 3 aromatic carbocycles. The molecule has 0 radical (unpaired) electrons. The van der Waals surface area contributed by atoms with Crippen molar-refractivity contribution in [1.82, 2.24) is 0 Å². The number of azo groups is 2. The summed E-state index contributed by atoms with van der Waals surface area (Å²) in [6.45, 7) is 5.50. The number of hydrogen-bond donors (Lipinski definition) is 2. The summed E-state index contributed by atoms with van der Waals surface area (Å²) in [4.78, 5) is 12.9. The van der Waals surface area contributed by atoms with Crippen LogP contribution in [0.5, 0.6) is 5.75 Å². The monoisotopic (exact) mass is 615 g/mol. The zero-order valence-electron chi connectivity index (χ0n) is 26.0. The fraction of sp³-hybridized carbons (Fsp3) is 0.400. The molecule has 3 aromatic rings. The second kappa shape index (κ2) is 21.3. The predicted molar refractivity (Wildman–Crippen MR) is 178 cm³/mol. The van der Waals surface area contributed by atoms with Gasteiger partial charge in [0.2, 0.25) is 0 Å². The van der Waals surface area contributed by atoms with E-state index in [1.54, 1.807) is 0 Å². The van der Waals surface area contributed by atoms with Crippen molar-refractivity contribution in [2.45, 2.75) is 51.4 Å². The van der Waals surface area contributed by atoms with E-state index < -0.39 is 0 Å².